The Kier molecular flexibility index (Phi) is 3.26. The smallest absolute Gasteiger partial charge is 0.284 e. The average Bonchev–Trinajstić information content (AvgIpc) is 2.85. The summed E-state index contributed by atoms with van der Waals surface area (Å²) in [7, 11) is 0. The summed E-state index contributed by atoms with van der Waals surface area (Å²) >= 11 is 4.80. The summed E-state index contributed by atoms with van der Waals surface area (Å²) in [5.41, 5.74) is 1.27. The first-order valence-electron chi connectivity index (χ1n) is 6.10. The molecule has 106 valence electrons. The Balaban J connectivity index is 2.23. The number of halogens is 1. The monoisotopic (exact) mass is 303 g/mol. The van der Waals surface area contributed by atoms with Crippen molar-refractivity contribution in [1.29, 1.82) is 0 Å². The fourth-order valence-electron chi connectivity index (χ4n) is 2.04. The second-order valence-electron chi connectivity index (χ2n) is 4.46. The average molecular weight is 303 g/mol. The molecule has 0 aliphatic heterocycles. The minimum absolute atomic E-state index is 0.0854. The van der Waals surface area contributed by atoms with Crippen molar-refractivity contribution in [3.63, 3.8) is 0 Å². The maximum Gasteiger partial charge on any atom is 0.284 e. The van der Waals surface area contributed by atoms with Gasteiger partial charge in [-0.2, -0.15) is 0 Å². The van der Waals surface area contributed by atoms with Gasteiger partial charge in [-0.15, -0.1) is 5.10 Å². The first kappa shape index (κ1) is 13.4. The number of nitrogens with zero attached hydrogens (tertiary/aromatic N) is 2. The zero-order chi connectivity index (χ0) is 15.0. The number of aromatic amines is 1. The van der Waals surface area contributed by atoms with E-state index in [1.807, 2.05) is 0 Å². The van der Waals surface area contributed by atoms with Gasteiger partial charge in [0.05, 0.1) is 0 Å². The van der Waals surface area contributed by atoms with E-state index in [1.165, 1.54) is 18.2 Å². The molecule has 5 nitrogen and oxygen atoms in total. The zero-order valence-electron chi connectivity index (χ0n) is 11.0. The van der Waals surface area contributed by atoms with Gasteiger partial charge in [0, 0.05) is 23.6 Å². The number of benzene rings is 1. The van der Waals surface area contributed by atoms with Crippen LogP contribution in [0.1, 0.15) is 5.69 Å². The van der Waals surface area contributed by atoms with Crippen molar-refractivity contribution in [2.75, 3.05) is 0 Å². The van der Waals surface area contributed by atoms with E-state index in [-0.39, 0.29) is 27.5 Å². The summed E-state index contributed by atoms with van der Waals surface area (Å²) in [4.78, 5) is 12.2. The molecule has 1 N–H and O–H groups in total. The van der Waals surface area contributed by atoms with Gasteiger partial charge in [-0.3, -0.25) is 4.79 Å². The van der Waals surface area contributed by atoms with E-state index in [0.29, 0.717) is 11.4 Å². The maximum absolute atomic E-state index is 13.4. The first-order chi connectivity index (χ1) is 10.0. The van der Waals surface area contributed by atoms with Gasteiger partial charge in [-0.1, -0.05) is 6.07 Å². The third kappa shape index (κ3) is 2.55. The van der Waals surface area contributed by atoms with Crippen LogP contribution in [0.2, 0.25) is 0 Å². The van der Waals surface area contributed by atoms with Crippen LogP contribution in [0.5, 0.6) is 0 Å². The molecule has 0 radical (unpaired) electrons. The number of nitrogens with one attached hydrogen (secondary N) is 1. The number of hydrogen-bond donors (Lipinski definition) is 1. The van der Waals surface area contributed by atoms with E-state index >= 15 is 0 Å². The Hall–Kier alpha value is -2.54. The Morgan fingerprint density at radius 2 is 2.19 bits per heavy atom. The van der Waals surface area contributed by atoms with Gasteiger partial charge in [-0.25, -0.2) is 9.49 Å². The number of hydrogen-bond acceptors (Lipinski definition) is 4. The third-order valence-electron chi connectivity index (χ3n) is 3.00. The molecule has 0 spiro atoms. The lowest BCUT2D eigenvalue weighted by atomic mass is 10.2. The van der Waals surface area contributed by atoms with Gasteiger partial charge in [0.15, 0.2) is 5.43 Å². The van der Waals surface area contributed by atoms with Crippen LogP contribution >= 0.6 is 12.2 Å². The molecule has 0 bridgehead atoms. The SMILES string of the molecule is Cc1cc(=O)c(-c2n[nH]c(=S)o2)cn1-c1cccc(F)c1. The Morgan fingerprint density at radius 1 is 1.38 bits per heavy atom. The lowest BCUT2D eigenvalue weighted by Gasteiger charge is -2.11. The Morgan fingerprint density at radius 3 is 2.86 bits per heavy atom. The molecule has 3 aromatic rings. The maximum atomic E-state index is 13.4. The van der Waals surface area contributed by atoms with Crippen LogP contribution in [0.3, 0.4) is 0 Å². The first-order valence-corrected chi connectivity index (χ1v) is 6.50. The number of pyridine rings is 1. The van der Waals surface area contributed by atoms with Crippen LogP contribution in [0.15, 0.2) is 45.7 Å². The van der Waals surface area contributed by atoms with Gasteiger partial charge >= 0.3 is 0 Å². The second kappa shape index (κ2) is 5.10. The summed E-state index contributed by atoms with van der Waals surface area (Å²) < 4.78 is 20.2. The second-order valence-corrected chi connectivity index (χ2v) is 4.83. The molecule has 21 heavy (non-hydrogen) atoms. The summed E-state index contributed by atoms with van der Waals surface area (Å²) in [5, 5.41) is 6.31. The van der Waals surface area contributed by atoms with Gasteiger partial charge in [0.25, 0.3) is 10.7 Å². The normalized spacial score (nSPS) is 10.8. The van der Waals surface area contributed by atoms with Crippen molar-refractivity contribution in [2.45, 2.75) is 6.92 Å². The predicted molar refractivity (Wildman–Crippen MR) is 77.4 cm³/mol. The molecule has 0 aliphatic carbocycles. The van der Waals surface area contributed by atoms with Crippen molar-refractivity contribution < 1.29 is 8.81 Å². The van der Waals surface area contributed by atoms with Gasteiger partial charge in [-0.05, 0) is 37.3 Å². The molecule has 0 saturated heterocycles. The van der Waals surface area contributed by atoms with E-state index in [0.717, 1.165) is 0 Å². The van der Waals surface area contributed by atoms with Crippen molar-refractivity contribution >= 4 is 12.2 Å². The summed E-state index contributed by atoms with van der Waals surface area (Å²) in [6.07, 6.45) is 1.56. The molecule has 7 heteroatoms. The minimum atomic E-state index is -0.357. The number of aryl methyl sites for hydroxylation is 1. The highest BCUT2D eigenvalue weighted by atomic mass is 32.1. The van der Waals surface area contributed by atoms with Crippen molar-refractivity contribution in [3.05, 3.63) is 63.1 Å². The van der Waals surface area contributed by atoms with E-state index < -0.39 is 0 Å². The molecule has 0 saturated carbocycles. The van der Waals surface area contributed by atoms with Crippen LogP contribution in [0, 0.1) is 17.6 Å². The molecular weight excluding hydrogens is 293 g/mol. The van der Waals surface area contributed by atoms with E-state index in [2.05, 4.69) is 10.2 Å². The fraction of sp³-hybridized carbons (Fsp3) is 0.0714. The molecule has 2 aromatic heterocycles. The van der Waals surface area contributed by atoms with Crippen molar-refractivity contribution in [3.8, 4) is 17.1 Å². The zero-order valence-corrected chi connectivity index (χ0v) is 11.8. The van der Waals surface area contributed by atoms with E-state index in [9.17, 15) is 9.18 Å². The Labute approximate surface area is 123 Å². The largest absolute Gasteiger partial charge is 0.409 e. The number of aromatic nitrogens is 3. The lowest BCUT2D eigenvalue weighted by molar-refractivity contribution is 0.551. The molecule has 0 atom stereocenters. The molecule has 3 rings (SSSR count). The van der Waals surface area contributed by atoms with Crippen LogP contribution in [-0.2, 0) is 0 Å². The standard InChI is InChI=1S/C14H10FN3O2S/c1-8-5-12(19)11(13-16-17-14(21)20-13)7-18(8)10-4-2-3-9(15)6-10/h2-7H,1H3,(H,17,21). The van der Waals surface area contributed by atoms with Gasteiger partial charge in [0.2, 0.25) is 0 Å². The fourth-order valence-corrected chi connectivity index (χ4v) is 2.17. The summed E-state index contributed by atoms with van der Waals surface area (Å²) in [5.74, 6) is -0.250. The van der Waals surface area contributed by atoms with E-state index in [4.69, 9.17) is 16.6 Å². The number of rotatable bonds is 2. The molecule has 0 unspecified atom stereocenters. The topological polar surface area (TPSA) is 63.8 Å². The molecule has 0 amide bonds. The summed E-state index contributed by atoms with van der Waals surface area (Å²) in [6.45, 7) is 1.76. The van der Waals surface area contributed by atoms with Gasteiger partial charge in [0.1, 0.15) is 11.4 Å². The molecule has 0 aliphatic rings. The molecule has 1 aromatic carbocycles. The predicted octanol–water partition coefficient (Wildman–Crippen LogP) is 3.00. The highest BCUT2D eigenvalue weighted by Gasteiger charge is 2.12. The van der Waals surface area contributed by atoms with Gasteiger partial charge < -0.3 is 8.98 Å². The minimum Gasteiger partial charge on any atom is -0.409 e. The molecule has 2 heterocycles. The molecule has 0 fully saturated rings. The Bertz CT molecular complexity index is 926. The summed E-state index contributed by atoms with van der Waals surface area (Å²) in [6, 6.07) is 7.51. The van der Waals surface area contributed by atoms with Crippen LogP contribution < -0.4 is 5.43 Å². The highest BCUT2D eigenvalue weighted by molar-refractivity contribution is 7.71. The van der Waals surface area contributed by atoms with Crippen LogP contribution in [0.4, 0.5) is 4.39 Å². The highest BCUT2D eigenvalue weighted by Crippen LogP contribution is 2.17. The van der Waals surface area contributed by atoms with Crippen LogP contribution in [-0.4, -0.2) is 14.8 Å². The lowest BCUT2D eigenvalue weighted by Crippen LogP contribution is -2.11. The van der Waals surface area contributed by atoms with Crippen molar-refractivity contribution in [2.24, 2.45) is 0 Å². The van der Waals surface area contributed by atoms with Crippen LogP contribution in [0.25, 0.3) is 17.1 Å². The third-order valence-corrected chi connectivity index (χ3v) is 3.17. The molecular formula is C14H10FN3O2S. The quantitative estimate of drug-likeness (QED) is 0.739. The van der Waals surface area contributed by atoms with E-state index in [1.54, 1.807) is 29.8 Å². The number of H-pyrrole nitrogens is 1. The van der Waals surface area contributed by atoms with Crippen molar-refractivity contribution in [1.82, 2.24) is 14.8 Å².